The molecule has 0 radical (unpaired) electrons. The molecule has 2 aromatic rings. The zero-order chi connectivity index (χ0) is 16.1. The number of pyridine rings is 1. The first-order valence-electron chi connectivity index (χ1n) is 8.57. The summed E-state index contributed by atoms with van der Waals surface area (Å²) in [7, 11) is 0. The van der Waals surface area contributed by atoms with Crippen molar-refractivity contribution in [2.75, 3.05) is 0 Å². The number of fused-ring (bicyclic) bond motifs is 3. The minimum absolute atomic E-state index is 0.0397. The Labute approximate surface area is 135 Å². The summed E-state index contributed by atoms with van der Waals surface area (Å²) in [5.74, 6) is 2.27. The van der Waals surface area contributed by atoms with Gasteiger partial charge in [-0.05, 0) is 63.9 Å². The molecule has 0 unspecified atom stereocenters. The number of hydrogen-bond acceptors (Lipinski definition) is 4. The second-order valence-electron chi connectivity index (χ2n) is 7.36. The van der Waals surface area contributed by atoms with Crippen molar-refractivity contribution >= 4 is 17.0 Å². The van der Waals surface area contributed by atoms with Gasteiger partial charge in [-0.25, -0.2) is 4.98 Å². The smallest absolute Gasteiger partial charge is 0.258 e. The molecule has 5 nitrogen and oxygen atoms in total. The quantitative estimate of drug-likeness (QED) is 0.943. The predicted molar refractivity (Wildman–Crippen MR) is 87.1 cm³/mol. The first-order valence-corrected chi connectivity index (χ1v) is 8.57. The number of aryl methyl sites for hydroxylation is 2. The van der Waals surface area contributed by atoms with Gasteiger partial charge in [0.05, 0.1) is 16.6 Å². The molecule has 4 atom stereocenters. The highest BCUT2D eigenvalue weighted by atomic mass is 16.5. The number of aromatic nitrogens is 2. The second-order valence-corrected chi connectivity index (χ2v) is 7.36. The standard InChI is InChI=1S/C18H23N3O2/c1-9-6-15(16-11(3)21-23-18(16)19-9)17(22)20-10(2)14-8-12-4-5-13(14)7-12/h6,10,12-14H,4-5,7-8H2,1-3H3,(H,20,22)/t10-,12-,13-,14-/m1/s1. The summed E-state index contributed by atoms with van der Waals surface area (Å²) >= 11 is 0. The van der Waals surface area contributed by atoms with Gasteiger partial charge in [-0.1, -0.05) is 11.6 Å². The van der Waals surface area contributed by atoms with E-state index >= 15 is 0 Å². The van der Waals surface area contributed by atoms with Crippen molar-refractivity contribution in [3.05, 3.63) is 23.0 Å². The third-order valence-corrected chi connectivity index (χ3v) is 5.78. The fourth-order valence-corrected chi connectivity index (χ4v) is 4.69. The Morgan fingerprint density at radius 1 is 1.35 bits per heavy atom. The van der Waals surface area contributed by atoms with Gasteiger partial charge in [-0.2, -0.15) is 0 Å². The Balaban J connectivity index is 1.58. The van der Waals surface area contributed by atoms with Crippen LogP contribution in [-0.2, 0) is 0 Å². The molecule has 1 N–H and O–H groups in total. The second kappa shape index (κ2) is 5.32. The third-order valence-electron chi connectivity index (χ3n) is 5.78. The van der Waals surface area contributed by atoms with E-state index in [-0.39, 0.29) is 11.9 Å². The summed E-state index contributed by atoms with van der Waals surface area (Å²) in [6, 6.07) is 2.04. The van der Waals surface area contributed by atoms with Crippen molar-refractivity contribution < 1.29 is 9.32 Å². The number of hydrogen-bond donors (Lipinski definition) is 1. The highest BCUT2D eigenvalue weighted by molar-refractivity contribution is 6.06. The van der Waals surface area contributed by atoms with Crippen LogP contribution in [0, 0.1) is 31.6 Å². The van der Waals surface area contributed by atoms with Crippen LogP contribution < -0.4 is 5.32 Å². The van der Waals surface area contributed by atoms with Crippen molar-refractivity contribution in [1.82, 2.24) is 15.5 Å². The van der Waals surface area contributed by atoms with Crippen LogP contribution in [0.5, 0.6) is 0 Å². The molecule has 0 aliphatic heterocycles. The number of carbonyl (C=O) groups is 1. The zero-order valence-corrected chi connectivity index (χ0v) is 13.9. The maximum atomic E-state index is 12.8. The van der Waals surface area contributed by atoms with Crippen molar-refractivity contribution in [3.63, 3.8) is 0 Å². The van der Waals surface area contributed by atoms with Crippen molar-refractivity contribution in [2.24, 2.45) is 17.8 Å². The van der Waals surface area contributed by atoms with E-state index in [0.29, 0.717) is 22.9 Å². The Hall–Kier alpha value is -1.91. The van der Waals surface area contributed by atoms with Crippen LogP contribution in [0.3, 0.4) is 0 Å². The van der Waals surface area contributed by atoms with Crippen LogP contribution in [0.15, 0.2) is 10.6 Å². The van der Waals surface area contributed by atoms with Gasteiger partial charge in [-0.3, -0.25) is 4.79 Å². The first-order chi connectivity index (χ1) is 11.0. The summed E-state index contributed by atoms with van der Waals surface area (Å²) < 4.78 is 5.22. The number of rotatable bonds is 3. The van der Waals surface area contributed by atoms with E-state index in [2.05, 4.69) is 22.4 Å². The van der Waals surface area contributed by atoms with E-state index in [1.165, 1.54) is 25.7 Å². The van der Waals surface area contributed by atoms with Gasteiger partial charge in [0.15, 0.2) is 0 Å². The maximum Gasteiger partial charge on any atom is 0.258 e. The minimum atomic E-state index is -0.0397. The molecule has 2 heterocycles. The van der Waals surface area contributed by atoms with Gasteiger partial charge < -0.3 is 9.84 Å². The van der Waals surface area contributed by atoms with Gasteiger partial charge in [0.25, 0.3) is 11.6 Å². The Morgan fingerprint density at radius 2 is 2.17 bits per heavy atom. The minimum Gasteiger partial charge on any atom is -0.349 e. The van der Waals surface area contributed by atoms with E-state index in [9.17, 15) is 4.79 Å². The molecule has 0 saturated heterocycles. The maximum absolute atomic E-state index is 12.8. The summed E-state index contributed by atoms with van der Waals surface area (Å²) in [5, 5.41) is 7.90. The first kappa shape index (κ1) is 14.7. The third kappa shape index (κ3) is 2.42. The molecule has 2 aromatic heterocycles. The molecule has 2 fully saturated rings. The average molecular weight is 313 g/mol. The zero-order valence-electron chi connectivity index (χ0n) is 13.9. The molecule has 1 amide bonds. The molecule has 2 saturated carbocycles. The Bertz CT molecular complexity index is 767. The fraction of sp³-hybridized carbons (Fsp3) is 0.611. The lowest BCUT2D eigenvalue weighted by Gasteiger charge is -2.28. The van der Waals surface area contributed by atoms with Crippen LogP contribution in [0.2, 0.25) is 0 Å². The van der Waals surface area contributed by atoms with Gasteiger partial charge >= 0.3 is 0 Å². The van der Waals surface area contributed by atoms with Gasteiger partial charge in [0, 0.05) is 11.7 Å². The molecular formula is C18H23N3O2. The molecule has 2 aliphatic carbocycles. The lowest BCUT2D eigenvalue weighted by atomic mass is 9.84. The van der Waals surface area contributed by atoms with Gasteiger partial charge in [0.1, 0.15) is 0 Å². The van der Waals surface area contributed by atoms with E-state index < -0.39 is 0 Å². The molecule has 0 aromatic carbocycles. The van der Waals surface area contributed by atoms with Crippen molar-refractivity contribution in [2.45, 2.75) is 52.5 Å². The number of carbonyl (C=O) groups excluding carboxylic acids is 1. The van der Waals surface area contributed by atoms with Crippen molar-refractivity contribution in [3.8, 4) is 0 Å². The largest absolute Gasteiger partial charge is 0.349 e. The summed E-state index contributed by atoms with van der Waals surface area (Å²) in [6.45, 7) is 5.86. The fourth-order valence-electron chi connectivity index (χ4n) is 4.69. The monoisotopic (exact) mass is 313 g/mol. The molecule has 2 bridgehead atoms. The van der Waals surface area contributed by atoms with Gasteiger partial charge in [0.2, 0.25) is 0 Å². The lowest BCUT2D eigenvalue weighted by Crippen LogP contribution is -2.40. The van der Waals surface area contributed by atoms with E-state index in [0.717, 1.165) is 22.9 Å². The molecule has 4 rings (SSSR count). The SMILES string of the molecule is Cc1cc(C(=O)N[C@H](C)[C@H]2C[C@@H]3CC[C@@H]2C3)c2c(C)noc2n1. The van der Waals surface area contributed by atoms with Crippen LogP contribution in [-0.4, -0.2) is 22.1 Å². The normalized spacial score (nSPS) is 27.5. The van der Waals surface area contributed by atoms with E-state index in [4.69, 9.17) is 4.52 Å². The lowest BCUT2D eigenvalue weighted by molar-refractivity contribution is 0.0916. The number of nitrogens with zero attached hydrogens (tertiary/aromatic N) is 2. The Morgan fingerprint density at radius 3 is 2.87 bits per heavy atom. The Kier molecular flexibility index (Phi) is 3.39. The van der Waals surface area contributed by atoms with Crippen LogP contribution in [0.4, 0.5) is 0 Å². The van der Waals surface area contributed by atoms with E-state index in [1.807, 2.05) is 19.9 Å². The number of amides is 1. The molecule has 0 spiro atoms. The van der Waals surface area contributed by atoms with Gasteiger partial charge in [-0.15, -0.1) is 0 Å². The highest BCUT2D eigenvalue weighted by Gasteiger charge is 2.42. The van der Waals surface area contributed by atoms with Crippen LogP contribution in [0.25, 0.3) is 11.1 Å². The summed E-state index contributed by atoms with van der Waals surface area (Å²) in [6.07, 6.45) is 5.34. The average Bonchev–Trinajstić information content (AvgIpc) is 3.22. The summed E-state index contributed by atoms with van der Waals surface area (Å²) in [4.78, 5) is 17.1. The molecule has 2 aliphatic rings. The summed E-state index contributed by atoms with van der Waals surface area (Å²) in [5.41, 5.74) is 2.55. The van der Waals surface area contributed by atoms with E-state index in [1.54, 1.807) is 0 Å². The van der Waals surface area contributed by atoms with Crippen LogP contribution in [0.1, 0.15) is 54.4 Å². The molecular weight excluding hydrogens is 290 g/mol. The topological polar surface area (TPSA) is 68.0 Å². The predicted octanol–water partition coefficient (Wildman–Crippen LogP) is 3.39. The van der Waals surface area contributed by atoms with Crippen LogP contribution >= 0.6 is 0 Å². The van der Waals surface area contributed by atoms with Crippen molar-refractivity contribution in [1.29, 1.82) is 0 Å². The number of nitrogens with one attached hydrogen (secondary N) is 1. The highest BCUT2D eigenvalue weighted by Crippen LogP contribution is 2.49. The molecule has 23 heavy (non-hydrogen) atoms. The molecule has 5 heteroatoms. The molecule has 122 valence electrons.